The van der Waals surface area contributed by atoms with Gasteiger partial charge in [0.1, 0.15) is 0 Å². The topological polar surface area (TPSA) is 56.3 Å². The molecule has 0 spiro atoms. The maximum Gasteiger partial charge on any atom is 0.320 e. The summed E-state index contributed by atoms with van der Waals surface area (Å²) in [6, 6.07) is 10.6. The molecule has 7 heteroatoms. The van der Waals surface area contributed by atoms with Crippen LogP contribution in [0.4, 0.5) is 4.79 Å². The maximum absolute atomic E-state index is 12.9. The normalized spacial score (nSPS) is 23.9. The van der Waals surface area contributed by atoms with Crippen molar-refractivity contribution < 1.29 is 14.3 Å². The van der Waals surface area contributed by atoms with Gasteiger partial charge in [0.25, 0.3) is 0 Å². The summed E-state index contributed by atoms with van der Waals surface area (Å²) in [5.41, 5.74) is 1.32. The van der Waals surface area contributed by atoms with E-state index in [9.17, 15) is 9.59 Å². The van der Waals surface area contributed by atoms with Gasteiger partial charge in [-0.25, -0.2) is 4.79 Å². The first-order chi connectivity index (χ1) is 13.7. The summed E-state index contributed by atoms with van der Waals surface area (Å²) in [6.45, 7) is 8.04. The van der Waals surface area contributed by atoms with Crippen LogP contribution in [0.2, 0.25) is 0 Å². The van der Waals surface area contributed by atoms with Crippen molar-refractivity contribution in [3.05, 3.63) is 35.9 Å². The van der Waals surface area contributed by atoms with Crippen LogP contribution in [-0.2, 0) is 16.1 Å². The SMILES string of the molecule is O=C([C@H]1CCOC1)N1CCN(C(=O)N2CCN(Cc3ccccc3)CC2)CC1. The minimum absolute atomic E-state index is 0.0138. The average Bonchev–Trinajstić information content (AvgIpc) is 3.29. The van der Waals surface area contributed by atoms with Crippen LogP contribution >= 0.6 is 0 Å². The van der Waals surface area contributed by atoms with E-state index in [2.05, 4.69) is 29.2 Å². The van der Waals surface area contributed by atoms with E-state index in [4.69, 9.17) is 4.74 Å². The van der Waals surface area contributed by atoms with Crippen molar-refractivity contribution in [1.82, 2.24) is 19.6 Å². The molecule has 0 radical (unpaired) electrons. The van der Waals surface area contributed by atoms with Gasteiger partial charge in [0, 0.05) is 65.5 Å². The van der Waals surface area contributed by atoms with Gasteiger partial charge in [-0.3, -0.25) is 9.69 Å². The lowest BCUT2D eigenvalue weighted by Crippen LogP contribution is -2.57. The molecule has 0 N–H and O–H groups in total. The summed E-state index contributed by atoms with van der Waals surface area (Å²) in [5.74, 6) is 0.207. The van der Waals surface area contributed by atoms with E-state index in [-0.39, 0.29) is 17.9 Å². The third kappa shape index (κ3) is 4.47. The smallest absolute Gasteiger partial charge is 0.320 e. The van der Waals surface area contributed by atoms with Crippen LogP contribution in [0.25, 0.3) is 0 Å². The van der Waals surface area contributed by atoms with Gasteiger partial charge in [-0.2, -0.15) is 0 Å². The summed E-state index contributed by atoms with van der Waals surface area (Å²) in [5, 5.41) is 0. The number of carbonyl (C=O) groups excluding carboxylic acids is 2. The van der Waals surface area contributed by atoms with E-state index in [0.29, 0.717) is 39.4 Å². The fraction of sp³-hybridized carbons (Fsp3) is 0.619. The summed E-state index contributed by atoms with van der Waals surface area (Å²) in [7, 11) is 0. The van der Waals surface area contributed by atoms with Crippen LogP contribution < -0.4 is 0 Å². The second kappa shape index (κ2) is 8.92. The number of piperazine rings is 2. The van der Waals surface area contributed by atoms with Crippen molar-refractivity contribution in [3.8, 4) is 0 Å². The van der Waals surface area contributed by atoms with Gasteiger partial charge in [0.15, 0.2) is 0 Å². The zero-order chi connectivity index (χ0) is 19.3. The largest absolute Gasteiger partial charge is 0.381 e. The molecule has 3 aliphatic rings. The standard InChI is InChI=1S/C21H30N4O3/c26-20(19-6-15-28-17-19)23-11-13-25(14-12-23)21(27)24-9-7-22(8-10-24)16-18-4-2-1-3-5-18/h1-5,19H,6-17H2/t19-/m0/s1. The molecule has 152 valence electrons. The van der Waals surface area contributed by atoms with Crippen molar-refractivity contribution in [3.63, 3.8) is 0 Å². The lowest BCUT2D eigenvalue weighted by molar-refractivity contribution is -0.137. The van der Waals surface area contributed by atoms with E-state index in [1.807, 2.05) is 20.8 Å². The van der Waals surface area contributed by atoms with Gasteiger partial charge >= 0.3 is 6.03 Å². The number of ether oxygens (including phenoxy) is 1. The second-order valence-electron chi connectivity index (χ2n) is 7.90. The fourth-order valence-corrected chi connectivity index (χ4v) is 4.24. The highest BCUT2D eigenvalue weighted by molar-refractivity contribution is 5.80. The van der Waals surface area contributed by atoms with Gasteiger partial charge in [0.2, 0.25) is 5.91 Å². The van der Waals surface area contributed by atoms with Crippen molar-refractivity contribution >= 4 is 11.9 Å². The van der Waals surface area contributed by atoms with Crippen LogP contribution in [-0.4, -0.2) is 97.1 Å². The Morgan fingerprint density at radius 2 is 1.46 bits per heavy atom. The minimum Gasteiger partial charge on any atom is -0.381 e. The molecule has 4 rings (SSSR count). The fourth-order valence-electron chi connectivity index (χ4n) is 4.24. The molecule has 7 nitrogen and oxygen atoms in total. The molecule has 0 aromatic heterocycles. The molecule has 3 fully saturated rings. The number of benzene rings is 1. The lowest BCUT2D eigenvalue weighted by Gasteiger charge is -2.41. The average molecular weight is 386 g/mol. The van der Waals surface area contributed by atoms with E-state index >= 15 is 0 Å². The number of nitrogens with zero attached hydrogens (tertiary/aromatic N) is 4. The third-order valence-corrected chi connectivity index (χ3v) is 6.03. The van der Waals surface area contributed by atoms with Gasteiger partial charge < -0.3 is 19.4 Å². The first kappa shape index (κ1) is 19.2. The van der Waals surface area contributed by atoms with Crippen LogP contribution in [0.3, 0.4) is 0 Å². The maximum atomic E-state index is 12.9. The zero-order valence-corrected chi connectivity index (χ0v) is 16.5. The summed E-state index contributed by atoms with van der Waals surface area (Å²) in [6.07, 6.45) is 0.825. The quantitative estimate of drug-likeness (QED) is 0.781. The van der Waals surface area contributed by atoms with Gasteiger partial charge in [0.05, 0.1) is 12.5 Å². The highest BCUT2D eigenvalue weighted by atomic mass is 16.5. The molecule has 28 heavy (non-hydrogen) atoms. The first-order valence-electron chi connectivity index (χ1n) is 10.4. The Morgan fingerprint density at radius 3 is 2.07 bits per heavy atom. The highest BCUT2D eigenvalue weighted by Gasteiger charge is 2.32. The number of carbonyl (C=O) groups is 2. The van der Waals surface area contributed by atoms with Gasteiger partial charge in [-0.15, -0.1) is 0 Å². The first-order valence-corrected chi connectivity index (χ1v) is 10.4. The van der Waals surface area contributed by atoms with E-state index in [0.717, 1.165) is 39.1 Å². The molecule has 1 aromatic rings. The molecule has 3 amide bonds. The Balaban J connectivity index is 1.21. The van der Waals surface area contributed by atoms with Gasteiger partial charge in [-0.05, 0) is 12.0 Å². The molecule has 0 bridgehead atoms. The molecule has 3 aliphatic heterocycles. The molecule has 3 saturated heterocycles. The van der Waals surface area contributed by atoms with Crippen LogP contribution in [0.5, 0.6) is 0 Å². The van der Waals surface area contributed by atoms with E-state index < -0.39 is 0 Å². The van der Waals surface area contributed by atoms with Crippen molar-refractivity contribution in [2.75, 3.05) is 65.6 Å². The number of rotatable bonds is 3. The number of urea groups is 1. The summed E-state index contributed by atoms with van der Waals surface area (Å²) < 4.78 is 5.33. The lowest BCUT2D eigenvalue weighted by atomic mass is 10.1. The number of hydrogen-bond donors (Lipinski definition) is 0. The molecule has 0 aliphatic carbocycles. The Labute approximate surface area is 166 Å². The molecule has 3 heterocycles. The van der Waals surface area contributed by atoms with E-state index in [1.165, 1.54) is 5.56 Å². The van der Waals surface area contributed by atoms with Crippen LogP contribution in [0, 0.1) is 5.92 Å². The van der Waals surface area contributed by atoms with Crippen LogP contribution in [0.15, 0.2) is 30.3 Å². The molecule has 1 aromatic carbocycles. The Hall–Kier alpha value is -2.12. The molecule has 0 saturated carbocycles. The van der Waals surface area contributed by atoms with Crippen molar-refractivity contribution in [2.24, 2.45) is 5.92 Å². The molecular formula is C21H30N4O3. The zero-order valence-electron chi connectivity index (χ0n) is 16.5. The summed E-state index contributed by atoms with van der Waals surface area (Å²) in [4.78, 5) is 33.5. The van der Waals surface area contributed by atoms with E-state index in [1.54, 1.807) is 0 Å². The number of hydrogen-bond acceptors (Lipinski definition) is 4. The third-order valence-electron chi connectivity index (χ3n) is 6.03. The molecular weight excluding hydrogens is 356 g/mol. The Bertz CT molecular complexity index is 661. The summed E-state index contributed by atoms with van der Waals surface area (Å²) >= 11 is 0. The van der Waals surface area contributed by atoms with Crippen molar-refractivity contribution in [1.29, 1.82) is 0 Å². The molecule has 0 unspecified atom stereocenters. The Morgan fingerprint density at radius 1 is 0.857 bits per heavy atom. The van der Waals surface area contributed by atoms with Crippen molar-refractivity contribution in [2.45, 2.75) is 13.0 Å². The molecule has 1 atom stereocenters. The van der Waals surface area contributed by atoms with Gasteiger partial charge in [-0.1, -0.05) is 30.3 Å². The van der Waals surface area contributed by atoms with Crippen LogP contribution in [0.1, 0.15) is 12.0 Å². The highest BCUT2D eigenvalue weighted by Crippen LogP contribution is 2.18. The monoisotopic (exact) mass is 386 g/mol. The second-order valence-corrected chi connectivity index (χ2v) is 7.90. The minimum atomic E-state index is 0.0138. The predicted molar refractivity (Wildman–Crippen MR) is 106 cm³/mol. The Kier molecular flexibility index (Phi) is 6.12. The number of amides is 3. The predicted octanol–water partition coefficient (Wildman–Crippen LogP) is 1.10.